The van der Waals surface area contributed by atoms with Crippen LogP contribution in [-0.2, 0) is 44.1 Å². The van der Waals surface area contributed by atoms with Crippen molar-refractivity contribution in [2.75, 3.05) is 0 Å². The number of aliphatic carboxylic acids is 2. The molecule has 0 spiro atoms. The van der Waals surface area contributed by atoms with Crippen LogP contribution in [-0.4, -0.2) is 31.3 Å². The molecule has 2 unspecified atom stereocenters. The van der Waals surface area contributed by atoms with Crippen molar-refractivity contribution in [3.8, 4) is 0 Å². The molecule has 0 fully saturated rings. The van der Waals surface area contributed by atoms with Gasteiger partial charge in [0.05, 0.1) is 14.1 Å². The first-order chi connectivity index (χ1) is 10.2. The van der Waals surface area contributed by atoms with Crippen molar-refractivity contribution < 1.29 is 74.2 Å². The molecule has 0 aliphatic heterocycles. The summed E-state index contributed by atoms with van der Waals surface area (Å²) in [4.78, 5) is 20.7. The Balaban J connectivity index is -0.000000346. The first kappa shape index (κ1) is 28.3. The van der Waals surface area contributed by atoms with Crippen molar-refractivity contribution in [2.24, 2.45) is 25.6 Å². The van der Waals surface area contributed by atoms with Gasteiger partial charge in [0, 0.05) is 20.4 Å². The number of aromatic nitrogens is 4. The number of nitrogens with two attached hydrogens (primary N) is 2. The van der Waals surface area contributed by atoms with Crippen LogP contribution in [0, 0.1) is 0 Å². The van der Waals surface area contributed by atoms with E-state index in [-0.39, 0.29) is 45.2 Å². The van der Waals surface area contributed by atoms with Gasteiger partial charge in [0.2, 0.25) is 25.0 Å². The smallest absolute Gasteiger partial charge is 0.365 e. The summed E-state index contributed by atoms with van der Waals surface area (Å²) in [5.41, 5.74) is 10.6. The molecule has 0 amide bonds. The Labute approximate surface area is 170 Å². The van der Waals surface area contributed by atoms with Crippen molar-refractivity contribution in [1.29, 1.82) is 0 Å². The summed E-state index contributed by atoms with van der Waals surface area (Å²) < 4.78 is 6.29. The molecular weight excluding hydrogens is 469 g/mol. The van der Waals surface area contributed by atoms with E-state index < -0.39 is 24.3 Å². The van der Waals surface area contributed by atoms with Gasteiger partial charge in [-0.2, -0.15) is 0 Å². The van der Waals surface area contributed by atoms with Crippen LogP contribution in [0.4, 0.5) is 0 Å². The largest absolute Gasteiger partial charge is 1.00 e. The van der Waals surface area contributed by atoms with Crippen molar-refractivity contribution in [3.05, 3.63) is 37.4 Å². The second kappa shape index (κ2) is 12.8. The molecule has 2 rings (SSSR count). The zero-order valence-corrected chi connectivity index (χ0v) is 16.4. The number of carboxylic acids is 2. The van der Waals surface area contributed by atoms with Gasteiger partial charge in [-0.1, -0.05) is 0 Å². The van der Waals surface area contributed by atoms with Gasteiger partial charge in [-0.3, -0.25) is 11.5 Å². The van der Waals surface area contributed by atoms with E-state index in [1.54, 1.807) is 60.7 Å². The summed E-state index contributed by atoms with van der Waals surface area (Å²) in [5, 5.41) is 17.0. The number of aryl methyl sites for hydroxylation is 2. The van der Waals surface area contributed by atoms with Crippen molar-refractivity contribution >= 4 is 11.9 Å². The Morgan fingerprint density at radius 3 is 1.32 bits per heavy atom. The minimum absolute atomic E-state index is 0. The van der Waals surface area contributed by atoms with Crippen LogP contribution in [0.15, 0.2) is 37.4 Å². The number of carboxylic acid groups (broad SMARTS) is 2. The van der Waals surface area contributed by atoms with Gasteiger partial charge < -0.3 is 35.0 Å². The van der Waals surface area contributed by atoms with E-state index in [4.69, 9.17) is 21.7 Å². The monoisotopic (exact) mass is 488 g/mol. The molecule has 0 aliphatic rings. The molecule has 2 atom stereocenters. The second-order valence-electron chi connectivity index (χ2n) is 4.62. The minimum Gasteiger partial charge on any atom is -1.00 e. The number of hydrogen-bond acceptors (Lipinski definition) is 4. The summed E-state index contributed by atoms with van der Waals surface area (Å²) in [6.45, 7) is 0. The van der Waals surface area contributed by atoms with Crippen LogP contribution >= 0.6 is 0 Å². The Morgan fingerprint density at radius 2 is 1.16 bits per heavy atom. The van der Waals surface area contributed by atoms with Crippen LogP contribution in [0.5, 0.6) is 0 Å². The summed E-state index contributed by atoms with van der Waals surface area (Å²) in [6, 6.07) is 0. The van der Waals surface area contributed by atoms with Gasteiger partial charge in [0.25, 0.3) is 0 Å². The predicted octanol–water partition coefficient (Wildman–Crippen LogP) is -8.29. The fraction of sp³-hybridized carbons (Fsp3) is 0.333. The predicted molar refractivity (Wildman–Crippen MR) is 72.9 cm³/mol. The maximum Gasteiger partial charge on any atom is 0.365 e. The summed E-state index contributed by atoms with van der Waals surface area (Å²) >= 11 is 0. The Hall–Kier alpha value is -1.48. The average molecular weight is 490 g/mol. The molecule has 10 nitrogen and oxygen atoms in total. The second-order valence-corrected chi connectivity index (χ2v) is 4.62. The fourth-order valence-corrected chi connectivity index (χ4v) is 1.52. The number of imidazole rings is 2. The van der Waals surface area contributed by atoms with E-state index >= 15 is 0 Å². The van der Waals surface area contributed by atoms with Crippen LogP contribution in [0.3, 0.4) is 0 Å². The average Bonchev–Trinajstić information content (AvgIpc) is 3.06. The third-order valence-corrected chi connectivity index (χ3v) is 2.73. The van der Waals surface area contributed by atoms with Gasteiger partial charge in [-0.25, -0.2) is 27.9 Å². The normalized spacial score (nSPS) is 11.4. The topological polar surface area (TPSA) is 144 Å². The number of rotatable bonds is 4. The van der Waals surface area contributed by atoms with Crippen LogP contribution in [0.25, 0.3) is 0 Å². The third kappa shape index (κ3) is 8.97. The zero-order chi connectivity index (χ0) is 16.9. The Morgan fingerprint density at radius 1 is 0.880 bits per heavy atom. The Bertz CT molecular complexity index is 609. The van der Waals surface area contributed by atoms with Crippen molar-refractivity contribution in [2.45, 2.75) is 12.3 Å². The van der Waals surface area contributed by atoms with E-state index in [1.165, 1.54) is 9.13 Å². The number of nitrogens with zero attached hydrogens (tertiary/aromatic N) is 4. The van der Waals surface area contributed by atoms with Crippen LogP contribution < -0.4 is 45.4 Å². The summed E-state index contributed by atoms with van der Waals surface area (Å²) in [5.74, 6) is -2.08. The molecule has 0 aromatic carbocycles. The van der Waals surface area contributed by atoms with Gasteiger partial charge in [0.15, 0.2) is 0 Å². The molecule has 0 saturated heterocycles. The summed E-state index contributed by atoms with van der Waals surface area (Å²) in [6.07, 6.45) is 7.91. The van der Waals surface area contributed by atoms with Gasteiger partial charge in [-0.05, 0) is 0 Å². The molecule has 0 aliphatic carbocycles. The summed E-state index contributed by atoms with van der Waals surface area (Å²) in [7, 11) is 3.59. The molecule has 2 aromatic rings. The van der Waals surface area contributed by atoms with Crippen molar-refractivity contribution in [3.63, 3.8) is 0 Å². The minimum atomic E-state index is -1.04. The molecule has 0 radical (unpaired) electrons. The molecule has 0 bridgehead atoms. The number of halogens is 2. The van der Waals surface area contributed by atoms with Crippen molar-refractivity contribution in [1.82, 2.24) is 9.13 Å². The molecular formula is C12H20Cl2N6O4Pd. The SMILES string of the molecule is C[n+]1ccn(C(N)C(=O)O)c1.C[n+]1ccn(C(N)C(=O)O)c1.[Cl-].[Cl-].[Pd]. The zero-order valence-electron chi connectivity index (χ0n) is 13.3. The van der Waals surface area contributed by atoms with Gasteiger partial charge in [-0.15, -0.1) is 0 Å². The quantitative estimate of drug-likeness (QED) is 0.248. The third-order valence-electron chi connectivity index (χ3n) is 2.73. The molecule has 2 heterocycles. The van der Waals surface area contributed by atoms with E-state index in [0.717, 1.165) is 0 Å². The van der Waals surface area contributed by atoms with Crippen LogP contribution in [0.2, 0.25) is 0 Å². The van der Waals surface area contributed by atoms with E-state index in [1.807, 2.05) is 0 Å². The Kier molecular flexibility index (Phi) is 14.5. The first-order valence-corrected chi connectivity index (χ1v) is 6.24. The molecule has 25 heavy (non-hydrogen) atoms. The number of carbonyl (C=O) groups is 2. The number of hydrogen-bond donors (Lipinski definition) is 4. The van der Waals surface area contributed by atoms with Crippen LogP contribution in [0.1, 0.15) is 12.3 Å². The molecule has 0 saturated carbocycles. The van der Waals surface area contributed by atoms with Gasteiger partial charge in [0.1, 0.15) is 24.8 Å². The van der Waals surface area contributed by atoms with Gasteiger partial charge >= 0.3 is 11.9 Å². The fourth-order valence-electron chi connectivity index (χ4n) is 1.52. The maximum absolute atomic E-state index is 10.4. The molecule has 2 aromatic heterocycles. The molecule has 146 valence electrons. The molecule has 13 heteroatoms. The van der Waals surface area contributed by atoms with E-state index in [9.17, 15) is 9.59 Å². The van der Waals surface area contributed by atoms with E-state index in [0.29, 0.717) is 0 Å². The van der Waals surface area contributed by atoms with E-state index in [2.05, 4.69) is 0 Å². The molecule has 6 N–H and O–H groups in total. The maximum atomic E-state index is 10.4. The standard InChI is InChI=1S/2C6H9N3O2.2ClH.Pd/c2*1-8-2-3-9(4-8)5(7)6(10)11;;;/h2*2-5H,7H2,1H3;2*1H;. The first-order valence-electron chi connectivity index (χ1n) is 6.24.